The summed E-state index contributed by atoms with van der Waals surface area (Å²) in [6, 6.07) is -1.19. The number of aliphatic carboxylic acids is 2. The third-order valence-electron chi connectivity index (χ3n) is 1.47. The number of carboxylic acids is 2. The zero-order valence-corrected chi connectivity index (χ0v) is 8.77. The van der Waals surface area contributed by atoms with Gasteiger partial charge in [-0.1, -0.05) is 0 Å². The number of hydrogen-bond donors (Lipinski definition) is 4. The first-order valence-electron chi connectivity index (χ1n) is 3.91. The first-order chi connectivity index (χ1) is 6.47. The summed E-state index contributed by atoms with van der Waals surface area (Å²) in [6.07, 6.45) is -0.474. The molecule has 0 saturated carbocycles. The molecule has 0 aliphatic heterocycles. The molecule has 0 aliphatic rings. The van der Waals surface area contributed by atoms with E-state index in [4.69, 9.17) is 15.9 Å². The Morgan fingerprint density at radius 2 is 1.80 bits per heavy atom. The van der Waals surface area contributed by atoms with Gasteiger partial charge in [0.1, 0.15) is 6.04 Å². The number of carboxylic acid groups (broad SMARTS) is 2. The van der Waals surface area contributed by atoms with E-state index in [1.165, 1.54) is 0 Å². The Labute approximate surface area is 96.2 Å². The number of hydrogen-bond acceptors (Lipinski definition) is 4. The van der Waals surface area contributed by atoms with Gasteiger partial charge in [0.15, 0.2) is 0 Å². The number of carbonyl (C=O) groups is 3. The predicted octanol–water partition coefficient (Wildman–Crippen LogP) is -1.62. The number of carbonyl (C=O) groups excluding carboxylic acids is 1. The molecule has 1 amide bonds. The van der Waals surface area contributed by atoms with Crippen LogP contribution in [0.1, 0.15) is 12.8 Å². The van der Waals surface area contributed by atoms with E-state index in [9.17, 15) is 14.4 Å². The van der Waals surface area contributed by atoms with Gasteiger partial charge in [-0.05, 0) is 6.42 Å². The molecule has 0 heterocycles. The summed E-state index contributed by atoms with van der Waals surface area (Å²) in [4.78, 5) is 31.4. The number of nitrogens with one attached hydrogen (secondary N) is 1. The molecule has 0 aromatic rings. The molecule has 8 heteroatoms. The summed E-state index contributed by atoms with van der Waals surface area (Å²) >= 11 is 0. The van der Waals surface area contributed by atoms with Crippen LogP contribution in [0.25, 0.3) is 0 Å². The van der Waals surface area contributed by atoms with Gasteiger partial charge < -0.3 is 21.3 Å². The van der Waals surface area contributed by atoms with Gasteiger partial charge in [-0.15, -0.1) is 0 Å². The second kappa shape index (κ2) is 8.21. The molecule has 0 saturated heterocycles. The first kappa shape index (κ1) is 16.3. The van der Waals surface area contributed by atoms with Crippen molar-refractivity contribution in [2.45, 2.75) is 18.9 Å². The second-order valence-electron chi connectivity index (χ2n) is 2.59. The molecule has 0 aliphatic carbocycles. The fourth-order valence-electron chi connectivity index (χ4n) is 0.778. The normalized spacial score (nSPS) is 11.0. The predicted molar refractivity (Wildman–Crippen MR) is 45.5 cm³/mol. The minimum atomic E-state index is -1.27. The van der Waals surface area contributed by atoms with Crippen LogP contribution in [0.15, 0.2) is 0 Å². The van der Waals surface area contributed by atoms with Crippen LogP contribution in [-0.2, 0) is 31.2 Å². The Morgan fingerprint density at radius 3 is 2.13 bits per heavy atom. The van der Waals surface area contributed by atoms with Crippen LogP contribution in [-0.4, -0.2) is 40.6 Å². The van der Waals surface area contributed by atoms with Crippen molar-refractivity contribution in [1.29, 1.82) is 0 Å². The molecule has 5 N–H and O–H groups in total. The Balaban J connectivity index is 0. The van der Waals surface area contributed by atoms with E-state index < -0.39 is 23.9 Å². The largest absolute Gasteiger partial charge is 0.481 e. The second-order valence-corrected chi connectivity index (χ2v) is 2.59. The first-order valence-corrected chi connectivity index (χ1v) is 3.91. The van der Waals surface area contributed by atoms with Crippen LogP contribution < -0.4 is 11.1 Å². The summed E-state index contributed by atoms with van der Waals surface area (Å²) in [5.74, 6) is -3.01. The quantitative estimate of drug-likeness (QED) is 0.455. The zero-order chi connectivity index (χ0) is 11.1. The zero-order valence-electron chi connectivity index (χ0n) is 7.73. The van der Waals surface area contributed by atoms with Crippen molar-refractivity contribution in [2.24, 2.45) is 5.73 Å². The average molecular weight is 263 g/mol. The van der Waals surface area contributed by atoms with E-state index in [1.807, 2.05) is 0 Å². The van der Waals surface area contributed by atoms with Crippen LogP contribution >= 0.6 is 0 Å². The van der Waals surface area contributed by atoms with Gasteiger partial charge in [-0.25, -0.2) is 4.79 Å². The Kier molecular flexibility index (Phi) is 8.92. The van der Waals surface area contributed by atoms with E-state index in [2.05, 4.69) is 5.32 Å². The van der Waals surface area contributed by atoms with E-state index >= 15 is 0 Å². The summed E-state index contributed by atoms with van der Waals surface area (Å²) in [7, 11) is 0. The van der Waals surface area contributed by atoms with Crippen LogP contribution in [0, 0.1) is 0 Å². The number of amides is 1. The van der Waals surface area contributed by atoms with Crippen molar-refractivity contribution in [3.63, 3.8) is 0 Å². The monoisotopic (exact) mass is 263 g/mol. The maximum Gasteiger partial charge on any atom is 0.326 e. The molecule has 7 nitrogen and oxygen atoms in total. The fraction of sp³-hybridized carbons (Fsp3) is 0.571. The smallest absolute Gasteiger partial charge is 0.326 e. The van der Waals surface area contributed by atoms with Crippen molar-refractivity contribution in [2.75, 3.05) is 6.54 Å². The van der Waals surface area contributed by atoms with Crippen molar-refractivity contribution >= 4 is 17.8 Å². The summed E-state index contributed by atoms with van der Waals surface area (Å²) in [5, 5.41) is 19.0. The standard InChI is InChI=1S/C7H12N2O5.Co/c8-3-5(10)9-4(7(13)14)1-2-6(11)12;/h4H,1-3,8H2,(H,9,10)(H,11,12)(H,13,14);/t4-;/m0./s1. The molecule has 0 unspecified atom stereocenters. The van der Waals surface area contributed by atoms with Gasteiger partial charge in [0, 0.05) is 23.2 Å². The molecule has 1 atom stereocenters. The minimum absolute atomic E-state index is 0. The van der Waals surface area contributed by atoms with E-state index in [-0.39, 0.29) is 36.2 Å². The molecule has 0 aromatic heterocycles. The van der Waals surface area contributed by atoms with Crippen LogP contribution in [0.3, 0.4) is 0 Å². The van der Waals surface area contributed by atoms with Crippen LogP contribution in [0.2, 0.25) is 0 Å². The van der Waals surface area contributed by atoms with E-state index in [0.29, 0.717) is 0 Å². The Hall–Kier alpha value is -1.12. The van der Waals surface area contributed by atoms with E-state index in [0.717, 1.165) is 0 Å². The molecule has 0 spiro atoms. The number of nitrogens with two attached hydrogens (primary N) is 1. The summed E-state index contributed by atoms with van der Waals surface area (Å²) < 4.78 is 0. The fourth-order valence-corrected chi connectivity index (χ4v) is 0.778. The van der Waals surface area contributed by atoms with Crippen molar-refractivity contribution in [3.8, 4) is 0 Å². The van der Waals surface area contributed by atoms with Crippen molar-refractivity contribution < 1.29 is 41.4 Å². The van der Waals surface area contributed by atoms with Crippen LogP contribution in [0.4, 0.5) is 0 Å². The molecular formula is C7H12CoN2O5. The van der Waals surface area contributed by atoms with Gasteiger partial charge in [0.2, 0.25) is 5.91 Å². The molecule has 0 bridgehead atoms. The SMILES string of the molecule is NCC(=O)N[C@@H](CCC(=O)O)C(=O)O.[Co]. The van der Waals surface area contributed by atoms with Gasteiger partial charge in [-0.2, -0.15) is 0 Å². The third-order valence-corrected chi connectivity index (χ3v) is 1.47. The summed E-state index contributed by atoms with van der Waals surface area (Å²) in [6.45, 7) is -0.323. The molecule has 0 aromatic carbocycles. The molecule has 1 radical (unpaired) electrons. The van der Waals surface area contributed by atoms with Gasteiger partial charge >= 0.3 is 11.9 Å². The minimum Gasteiger partial charge on any atom is -0.481 e. The van der Waals surface area contributed by atoms with Gasteiger partial charge in [-0.3, -0.25) is 9.59 Å². The molecule has 0 rings (SSSR count). The molecule has 89 valence electrons. The Morgan fingerprint density at radius 1 is 1.27 bits per heavy atom. The van der Waals surface area contributed by atoms with Gasteiger partial charge in [0.25, 0.3) is 0 Å². The third kappa shape index (κ3) is 7.91. The maximum absolute atomic E-state index is 10.7. The number of rotatable bonds is 6. The topological polar surface area (TPSA) is 130 Å². The average Bonchev–Trinajstić information content (AvgIpc) is 2.10. The maximum atomic E-state index is 10.7. The van der Waals surface area contributed by atoms with E-state index in [1.54, 1.807) is 0 Å². The van der Waals surface area contributed by atoms with Gasteiger partial charge in [0.05, 0.1) is 6.54 Å². The molecular weight excluding hydrogens is 251 g/mol. The van der Waals surface area contributed by atoms with Crippen molar-refractivity contribution in [3.05, 3.63) is 0 Å². The molecule has 0 fully saturated rings. The summed E-state index contributed by atoms with van der Waals surface area (Å²) in [5.41, 5.74) is 4.96. The Bertz CT molecular complexity index is 246. The molecule has 15 heavy (non-hydrogen) atoms. The van der Waals surface area contributed by atoms with Crippen molar-refractivity contribution in [1.82, 2.24) is 5.32 Å². The van der Waals surface area contributed by atoms with Crippen LogP contribution in [0.5, 0.6) is 0 Å².